The molecule has 1 aromatic rings. The van der Waals surface area contributed by atoms with Crippen LogP contribution < -0.4 is 5.32 Å². The quantitative estimate of drug-likeness (QED) is 0.818. The van der Waals surface area contributed by atoms with E-state index in [0.29, 0.717) is 13.0 Å². The second-order valence-electron chi connectivity index (χ2n) is 4.80. The zero-order valence-electron chi connectivity index (χ0n) is 10.4. The van der Waals surface area contributed by atoms with E-state index >= 15 is 0 Å². The van der Waals surface area contributed by atoms with Crippen LogP contribution in [-0.4, -0.2) is 32.7 Å². The summed E-state index contributed by atoms with van der Waals surface area (Å²) in [4.78, 5) is 11.6. The van der Waals surface area contributed by atoms with Crippen LogP contribution in [0, 0.1) is 5.92 Å². The summed E-state index contributed by atoms with van der Waals surface area (Å²) in [6.45, 7) is 4.68. The van der Waals surface area contributed by atoms with Crippen molar-refractivity contribution in [3.05, 3.63) is 5.82 Å². The van der Waals surface area contributed by atoms with Crippen LogP contribution >= 0.6 is 0 Å². The number of amides is 1. The Hall–Kier alpha value is -1.46. The van der Waals surface area contributed by atoms with Gasteiger partial charge in [-0.1, -0.05) is 6.42 Å². The molecular weight excluding hydrogens is 218 g/mol. The molecule has 1 aliphatic carbocycles. The van der Waals surface area contributed by atoms with E-state index in [4.69, 9.17) is 0 Å². The number of carbonyl (C=O) groups excluding carboxylic acids is 1. The molecule has 1 aromatic heterocycles. The van der Waals surface area contributed by atoms with Gasteiger partial charge in [-0.25, -0.2) is 4.68 Å². The van der Waals surface area contributed by atoms with E-state index < -0.39 is 0 Å². The summed E-state index contributed by atoms with van der Waals surface area (Å²) in [5, 5.41) is 14.5. The van der Waals surface area contributed by atoms with Crippen LogP contribution in [-0.2, 0) is 11.2 Å². The van der Waals surface area contributed by atoms with Gasteiger partial charge in [-0.05, 0) is 37.1 Å². The largest absolute Gasteiger partial charge is 0.355 e. The average molecular weight is 237 g/mol. The lowest BCUT2D eigenvalue weighted by atomic mass is 9.85. The van der Waals surface area contributed by atoms with Crippen LogP contribution in [0.5, 0.6) is 0 Å². The van der Waals surface area contributed by atoms with Crippen molar-refractivity contribution in [1.82, 2.24) is 25.5 Å². The van der Waals surface area contributed by atoms with Gasteiger partial charge in [-0.15, -0.1) is 5.10 Å². The summed E-state index contributed by atoms with van der Waals surface area (Å²) in [5.41, 5.74) is 0. The lowest BCUT2D eigenvalue weighted by molar-refractivity contribution is -0.127. The van der Waals surface area contributed by atoms with Crippen molar-refractivity contribution < 1.29 is 4.79 Å². The zero-order chi connectivity index (χ0) is 12.3. The highest BCUT2D eigenvalue weighted by atomic mass is 16.1. The number of aromatic nitrogens is 4. The fraction of sp³-hybridized carbons (Fsp3) is 0.818. The molecule has 0 spiro atoms. The number of carbonyl (C=O) groups is 1. The molecule has 1 heterocycles. The second kappa shape index (κ2) is 5.25. The summed E-state index contributed by atoms with van der Waals surface area (Å²) >= 11 is 0. The molecule has 0 radical (unpaired) electrons. The van der Waals surface area contributed by atoms with Crippen molar-refractivity contribution in [3.8, 4) is 0 Å². The van der Waals surface area contributed by atoms with Crippen LogP contribution in [0.15, 0.2) is 0 Å². The summed E-state index contributed by atoms with van der Waals surface area (Å²) < 4.78 is 1.79. The fourth-order valence-corrected chi connectivity index (χ4v) is 1.89. The first-order valence-corrected chi connectivity index (χ1v) is 6.23. The first kappa shape index (κ1) is 12.0. The van der Waals surface area contributed by atoms with Crippen molar-refractivity contribution in [3.63, 3.8) is 0 Å². The van der Waals surface area contributed by atoms with Gasteiger partial charge in [0.2, 0.25) is 5.91 Å². The van der Waals surface area contributed by atoms with Crippen molar-refractivity contribution >= 4 is 5.91 Å². The van der Waals surface area contributed by atoms with E-state index in [1.165, 1.54) is 6.42 Å². The van der Waals surface area contributed by atoms with Gasteiger partial charge in [0.05, 0.1) is 6.04 Å². The molecule has 2 rings (SSSR count). The SMILES string of the molecule is CC(C)n1nnnc1CCNC(=O)C1CCC1. The third kappa shape index (κ3) is 2.81. The highest BCUT2D eigenvalue weighted by Crippen LogP contribution is 2.26. The maximum absolute atomic E-state index is 11.6. The first-order valence-electron chi connectivity index (χ1n) is 6.23. The topological polar surface area (TPSA) is 72.7 Å². The summed E-state index contributed by atoms with van der Waals surface area (Å²) in [6.07, 6.45) is 3.94. The molecule has 1 fully saturated rings. The van der Waals surface area contributed by atoms with Gasteiger partial charge in [0.1, 0.15) is 0 Å². The Morgan fingerprint density at radius 3 is 2.88 bits per heavy atom. The maximum atomic E-state index is 11.6. The Morgan fingerprint density at radius 1 is 1.53 bits per heavy atom. The number of rotatable bonds is 5. The molecule has 6 nitrogen and oxygen atoms in total. The molecule has 0 aromatic carbocycles. The smallest absolute Gasteiger partial charge is 0.223 e. The van der Waals surface area contributed by atoms with E-state index in [1.807, 2.05) is 13.8 Å². The lowest BCUT2D eigenvalue weighted by Crippen LogP contribution is -2.35. The predicted octanol–water partition coefficient (Wildman–Crippen LogP) is 0.713. The van der Waals surface area contributed by atoms with Crippen molar-refractivity contribution in [2.45, 2.75) is 45.6 Å². The molecule has 94 valence electrons. The normalized spacial score (nSPS) is 15.9. The highest BCUT2D eigenvalue weighted by molar-refractivity contribution is 5.79. The van der Waals surface area contributed by atoms with Gasteiger partial charge < -0.3 is 5.32 Å². The van der Waals surface area contributed by atoms with Crippen LogP contribution in [0.4, 0.5) is 0 Å². The Balaban J connectivity index is 1.77. The summed E-state index contributed by atoms with van der Waals surface area (Å²) in [7, 11) is 0. The minimum absolute atomic E-state index is 0.180. The number of hydrogen-bond donors (Lipinski definition) is 1. The fourth-order valence-electron chi connectivity index (χ4n) is 1.89. The van der Waals surface area contributed by atoms with Gasteiger partial charge in [0.25, 0.3) is 0 Å². The molecule has 1 saturated carbocycles. The van der Waals surface area contributed by atoms with Crippen molar-refractivity contribution in [2.24, 2.45) is 5.92 Å². The number of nitrogens with zero attached hydrogens (tertiary/aromatic N) is 4. The minimum Gasteiger partial charge on any atom is -0.355 e. The number of hydrogen-bond acceptors (Lipinski definition) is 4. The Kier molecular flexibility index (Phi) is 3.71. The van der Waals surface area contributed by atoms with Crippen LogP contribution in [0.3, 0.4) is 0 Å². The Labute approximate surface area is 101 Å². The van der Waals surface area contributed by atoms with Gasteiger partial charge in [-0.2, -0.15) is 0 Å². The third-order valence-electron chi connectivity index (χ3n) is 3.17. The molecule has 6 heteroatoms. The van der Waals surface area contributed by atoms with E-state index in [1.54, 1.807) is 4.68 Å². The Morgan fingerprint density at radius 2 is 2.29 bits per heavy atom. The molecule has 0 atom stereocenters. The monoisotopic (exact) mass is 237 g/mol. The van der Waals surface area contributed by atoms with Crippen molar-refractivity contribution in [2.75, 3.05) is 6.54 Å². The number of nitrogens with one attached hydrogen (secondary N) is 1. The molecule has 0 aliphatic heterocycles. The molecule has 17 heavy (non-hydrogen) atoms. The van der Waals surface area contributed by atoms with E-state index in [2.05, 4.69) is 20.8 Å². The molecule has 0 unspecified atom stereocenters. The maximum Gasteiger partial charge on any atom is 0.223 e. The molecule has 1 aliphatic rings. The van der Waals surface area contributed by atoms with Gasteiger partial charge >= 0.3 is 0 Å². The first-order chi connectivity index (χ1) is 8.18. The zero-order valence-corrected chi connectivity index (χ0v) is 10.4. The molecular formula is C11H19N5O. The lowest BCUT2D eigenvalue weighted by Gasteiger charge is -2.23. The number of tetrazole rings is 1. The standard InChI is InChI=1S/C11H19N5O/c1-8(2)16-10(13-14-15-16)6-7-12-11(17)9-4-3-5-9/h8-9H,3-7H2,1-2H3,(H,12,17). The van der Waals surface area contributed by atoms with Crippen molar-refractivity contribution in [1.29, 1.82) is 0 Å². The highest BCUT2D eigenvalue weighted by Gasteiger charge is 2.24. The molecule has 1 N–H and O–H groups in total. The Bertz CT molecular complexity index is 383. The second-order valence-corrected chi connectivity index (χ2v) is 4.80. The third-order valence-corrected chi connectivity index (χ3v) is 3.17. The van der Waals surface area contributed by atoms with Crippen LogP contribution in [0.25, 0.3) is 0 Å². The summed E-state index contributed by atoms with van der Waals surface area (Å²) in [5.74, 6) is 1.25. The van der Waals surface area contributed by atoms with Gasteiger partial charge in [-0.3, -0.25) is 4.79 Å². The van der Waals surface area contributed by atoms with E-state index in [-0.39, 0.29) is 17.9 Å². The van der Waals surface area contributed by atoms with Crippen LogP contribution in [0.1, 0.15) is 45.0 Å². The molecule has 0 saturated heterocycles. The van der Waals surface area contributed by atoms with E-state index in [9.17, 15) is 4.79 Å². The molecule has 1 amide bonds. The van der Waals surface area contributed by atoms with Gasteiger partial charge in [0.15, 0.2) is 5.82 Å². The van der Waals surface area contributed by atoms with E-state index in [0.717, 1.165) is 18.7 Å². The van der Waals surface area contributed by atoms with Gasteiger partial charge in [0, 0.05) is 18.9 Å². The molecule has 0 bridgehead atoms. The average Bonchev–Trinajstić information content (AvgIpc) is 2.63. The summed E-state index contributed by atoms with van der Waals surface area (Å²) in [6, 6.07) is 0.252. The minimum atomic E-state index is 0.180. The predicted molar refractivity (Wildman–Crippen MR) is 62.3 cm³/mol. The van der Waals surface area contributed by atoms with Crippen LogP contribution in [0.2, 0.25) is 0 Å².